The van der Waals surface area contributed by atoms with Gasteiger partial charge < -0.3 is 21.1 Å². The van der Waals surface area contributed by atoms with Crippen LogP contribution in [0.2, 0.25) is 0 Å². The van der Waals surface area contributed by atoms with Crippen molar-refractivity contribution in [3.05, 3.63) is 64.2 Å². The Kier molecular flexibility index (Phi) is 7.11. The van der Waals surface area contributed by atoms with Gasteiger partial charge in [-0.2, -0.15) is 0 Å². The normalized spacial score (nSPS) is 13.5. The molecule has 0 fully saturated rings. The number of aryl methyl sites for hydroxylation is 1. The molecule has 0 atom stereocenters. The second-order valence-corrected chi connectivity index (χ2v) is 7.29. The molecule has 0 bridgehead atoms. The van der Waals surface area contributed by atoms with Crippen molar-refractivity contribution in [3.8, 4) is 5.75 Å². The quantitative estimate of drug-likeness (QED) is 0.448. The SMILES string of the molecule is CN=C(NCCc1cccc(C(=O)NC)c1)NCc1c(O)ccc2c1CCCC2. The highest BCUT2D eigenvalue weighted by atomic mass is 16.3. The summed E-state index contributed by atoms with van der Waals surface area (Å²) in [5, 5.41) is 19.6. The van der Waals surface area contributed by atoms with Crippen LogP contribution in [-0.2, 0) is 25.8 Å². The van der Waals surface area contributed by atoms with E-state index in [1.54, 1.807) is 20.2 Å². The highest BCUT2D eigenvalue weighted by Gasteiger charge is 2.16. The molecule has 0 unspecified atom stereocenters. The molecule has 0 heterocycles. The van der Waals surface area contributed by atoms with E-state index in [9.17, 15) is 9.90 Å². The molecule has 1 aliphatic rings. The third-order valence-electron chi connectivity index (χ3n) is 5.40. The first-order chi connectivity index (χ1) is 14.1. The molecule has 0 saturated heterocycles. The summed E-state index contributed by atoms with van der Waals surface area (Å²) >= 11 is 0. The first-order valence-electron chi connectivity index (χ1n) is 10.2. The van der Waals surface area contributed by atoms with Crippen LogP contribution >= 0.6 is 0 Å². The lowest BCUT2D eigenvalue weighted by Crippen LogP contribution is -2.38. The molecule has 6 heteroatoms. The number of hydrogen-bond acceptors (Lipinski definition) is 3. The number of nitrogens with one attached hydrogen (secondary N) is 3. The Balaban J connectivity index is 1.55. The van der Waals surface area contributed by atoms with Crippen LogP contribution in [0.15, 0.2) is 41.4 Å². The number of carbonyl (C=O) groups excluding carboxylic acids is 1. The molecule has 2 aromatic carbocycles. The number of phenols is 1. The van der Waals surface area contributed by atoms with Crippen LogP contribution in [0.4, 0.5) is 0 Å². The number of amides is 1. The van der Waals surface area contributed by atoms with Crippen molar-refractivity contribution in [2.75, 3.05) is 20.6 Å². The minimum absolute atomic E-state index is 0.0803. The van der Waals surface area contributed by atoms with E-state index in [2.05, 4.69) is 20.9 Å². The lowest BCUT2D eigenvalue weighted by atomic mass is 9.88. The highest BCUT2D eigenvalue weighted by Crippen LogP contribution is 2.30. The Morgan fingerprint density at radius 2 is 1.97 bits per heavy atom. The van der Waals surface area contributed by atoms with E-state index in [1.807, 2.05) is 30.3 Å². The third kappa shape index (κ3) is 5.28. The Labute approximate surface area is 172 Å². The number of benzene rings is 2. The second-order valence-electron chi connectivity index (χ2n) is 7.29. The lowest BCUT2D eigenvalue weighted by molar-refractivity contribution is 0.0963. The van der Waals surface area contributed by atoms with Crippen LogP contribution in [0.3, 0.4) is 0 Å². The van der Waals surface area contributed by atoms with Gasteiger partial charge in [-0.15, -0.1) is 0 Å². The van der Waals surface area contributed by atoms with E-state index < -0.39 is 0 Å². The number of guanidine groups is 1. The van der Waals surface area contributed by atoms with E-state index in [4.69, 9.17) is 0 Å². The van der Waals surface area contributed by atoms with E-state index in [0.29, 0.717) is 30.4 Å². The fraction of sp³-hybridized carbons (Fsp3) is 0.391. The molecule has 1 amide bonds. The minimum Gasteiger partial charge on any atom is -0.508 e. The molecular formula is C23H30N4O2. The standard InChI is InChI=1S/C23H30N4O2/c1-24-22(29)18-8-5-6-16(14-18)12-13-26-23(25-2)27-15-20-19-9-4-3-7-17(19)10-11-21(20)28/h5-6,8,10-11,14,28H,3-4,7,9,12-13,15H2,1-2H3,(H,24,29)(H2,25,26,27). The van der Waals surface area contributed by atoms with Crippen molar-refractivity contribution in [1.29, 1.82) is 0 Å². The van der Waals surface area contributed by atoms with Crippen molar-refractivity contribution in [1.82, 2.24) is 16.0 Å². The summed E-state index contributed by atoms with van der Waals surface area (Å²) in [6.45, 7) is 1.23. The molecular weight excluding hydrogens is 364 g/mol. The molecule has 2 aromatic rings. The first-order valence-corrected chi connectivity index (χ1v) is 10.2. The highest BCUT2D eigenvalue weighted by molar-refractivity contribution is 5.94. The number of aliphatic imine (C=N–C) groups is 1. The van der Waals surface area contributed by atoms with E-state index in [0.717, 1.165) is 30.4 Å². The van der Waals surface area contributed by atoms with Gasteiger partial charge in [0.25, 0.3) is 5.91 Å². The number of rotatable bonds is 6. The predicted octanol–water partition coefficient (Wildman–Crippen LogP) is 2.54. The number of aromatic hydroxyl groups is 1. The van der Waals surface area contributed by atoms with Gasteiger partial charge in [0.2, 0.25) is 0 Å². The maximum absolute atomic E-state index is 11.8. The maximum atomic E-state index is 11.8. The maximum Gasteiger partial charge on any atom is 0.251 e. The molecule has 1 aliphatic carbocycles. The number of nitrogens with zero attached hydrogens (tertiary/aromatic N) is 1. The van der Waals surface area contributed by atoms with Crippen molar-refractivity contribution in [2.45, 2.75) is 38.6 Å². The topological polar surface area (TPSA) is 85.8 Å². The van der Waals surface area contributed by atoms with Gasteiger partial charge in [-0.1, -0.05) is 18.2 Å². The lowest BCUT2D eigenvalue weighted by Gasteiger charge is -2.21. The van der Waals surface area contributed by atoms with Crippen molar-refractivity contribution < 1.29 is 9.90 Å². The summed E-state index contributed by atoms with van der Waals surface area (Å²) in [6.07, 6.45) is 5.28. The summed E-state index contributed by atoms with van der Waals surface area (Å²) in [7, 11) is 3.37. The summed E-state index contributed by atoms with van der Waals surface area (Å²) < 4.78 is 0. The van der Waals surface area contributed by atoms with Crippen LogP contribution < -0.4 is 16.0 Å². The molecule has 29 heavy (non-hydrogen) atoms. The summed E-state index contributed by atoms with van der Waals surface area (Å²) in [5.41, 5.74) is 5.36. The zero-order chi connectivity index (χ0) is 20.6. The number of fused-ring (bicyclic) bond motifs is 1. The van der Waals surface area contributed by atoms with E-state index >= 15 is 0 Å². The van der Waals surface area contributed by atoms with Crippen LogP contribution in [-0.4, -0.2) is 37.6 Å². The van der Waals surface area contributed by atoms with Gasteiger partial charge in [0.05, 0.1) is 0 Å². The van der Waals surface area contributed by atoms with Crippen LogP contribution in [0.5, 0.6) is 5.75 Å². The van der Waals surface area contributed by atoms with Gasteiger partial charge in [0.1, 0.15) is 5.75 Å². The summed E-state index contributed by atoms with van der Waals surface area (Å²) in [4.78, 5) is 16.1. The van der Waals surface area contributed by atoms with Gasteiger partial charge in [-0.3, -0.25) is 9.79 Å². The van der Waals surface area contributed by atoms with E-state index in [-0.39, 0.29) is 5.91 Å². The zero-order valence-corrected chi connectivity index (χ0v) is 17.2. The molecule has 4 N–H and O–H groups in total. The Morgan fingerprint density at radius 1 is 1.14 bits per heavy atom. The number of carbonyl (C=O) groups is 1. The van der Waals surface area contributed by atoms with Crippen molar-refractivity contribution >= 4 is 11.9 Å². The summed E-state index contributed by atoms with van der Waals surface area (Å²) in [6, 6.07) is 11.5. The van der Waals surface area contributed by atoms with Crippen molar-refractivity contribution in [3.63, 3.8) is 0 Å². The van der Waals surface area contributed by atoms with Gasteiger partial charge in [-0.25, -0.2) is 0 Å². The molecule has 0 saturated carbocycles. The predicted molar refractivity (Wildman–Crippen MR) is 116 cm³/mol. The second kappa shape index (κ2) is 9.96. The monoisotopic (exact) mass is 394 g/mol. The zero-order valence-electron chi connectivity index (χ0n) is 17.2. The molecule has 0 radical (unpaired) electrons. The Morgan fingerprint density at radius 3 is 2.76 bits per heavy atom. The van der Waals surface area contributed by atoms with E-state index in [1.165, 1.54) is 24.0 Å². The van der Waals surface area contributed by atoms with Crippen molar-refractivity contribution in [2.24, 2.45) is 4.99 Å². The van der Waals surface area contributed by atoms with Gasteiger partial charge in [-0.05, 0) is 67.0 Å². The van der Waals surface area contributed by atoms with Crippen LogP contribution in [0.1, 0.15) is 45.5 Å². The summed E-state index contributed by atoms with van der Waals surface area (Å²) in [5.74, 6) is 0.961. The van der Waals surface area contributed by atoms with Gasteiger partial charge in [0, 0.05) is 38.3 Å². The number of phenolic OH excluding ortho intramolecular Hbond substituents is 1. The first kappa shape index (κ1) is 20.7. The fourth-order valence-corrected chi connectivity index (χ4v) is 3.82. The average molecular weight is 395 g/mol. The molecule has 154 valence electrons. The number of hydrogen-bond donors (Lipinski definition) is 4. The van der Waals surface area contributed by atoms with Gasteiger partial charge in [0.15, 0.2) is 5.96 Å². The minimum atomic E-state index is -0.0803. The Hall–Kier alpha value is -3.02. The third-order valence-corrected chi connectivity index (χ3v) is 5.40. The van der Waals surface area contributed by atoms with Crippen LogP contribution in [0, 0.1) is 0 Å². The Bertz CT molecular complexity index is 892. The molecule has 6 nitrogen and oxygen atoms in total. The van der Waals surface area contributed by atoms with Gasteiger partial charge >= 0.3 is 0 Å². The fourth-order valence-electron chi connectivity index (χ4n) is 3.82. The molecule has 0 spiro atoms. The average Bonchev–Trinajstić information content (AvgIpc) is 2.76. The van der Waals surface area contributed by atoms with Crippen LogP contribution in [0.25, 0.3) is 0 Å². The molecule has 0 aromatic heterocycles. The largest absolute Gasteiger partial charge is 0.508 e. The molecule has 3 rings (SSSR count). The smallest absolute Gasteiger partial charge is 0.251 e. The molecule has 0 aliphatic heterocycles.